The molecule has 2 N–H and O–H groups in total. The molecule has 5 nitrogen and oxygen atoms in total. The third-order valence-corrected chi connectivity index (χ3v) is 4.53. The van der Waals surface area contributed by atoms with Crippen LogP contribution in [0.15, 0.2) is 24.4 Å². The third-order valence-electron chi connectivity index (χ3n) is 4.53. The second-order valence-corrected chi connectivity index (χ2v) is 6.64. The summed E-state index contributed by atoms with van der Waals surface area (Å²) in [7, 11) is 0. The first-order chi connectivity index (χ1) is 13.1. The van der Waals surface area contributed by atoms with Gasteiger partial charge in [0, 0.05) is 37.8 Å². The maximum Gasteiger partial charge on any atom is 0.433 e. The number of benzene rings is 1. The number of nitrogens with two attached hydrogens (primary N) is 1. The van der Waals surface area contributed by atoms with Gasteiger partial charge in [-0.3, -0.25) is 9.48 Å². The number of amides is 1. The van der Waals surface area contributed by atoms with Gasteiger partial charge in [-0.15, -0.1) is 0 Å². The van der Waals surface area contributed by atoms with Gasteiger partial charge in [0.05, 0.1) is 6.04 Å². The third kappa shape index (κ3) is 4.13. The molecule has 11 heteroatoms. The minimum atomic E-state index is -4.54. The maximum atomic E-state index is 13.6. The van der Waals surface area contributed by atoms with E-state index >= 15 is 0 Å². The fourth-order valence-corrected chi connectivity index (χ4v) is 3.07. The van der Waals surface area contributed by atoms with Crippen LogP contribution in [0.2, 0.25) is 0 Å². The van der Waals surface area contributed by atoms with Gasteiger partial charge in [0.2, 0.25) is 5.91 Å². The van der Waals surface area contributed by atoms with E-state index in [1.807, 2.05) is 0 Å². The van der Waals surface area contributed by atoms with E-state index < -0.39 is 47.3 Å². The van der Waals surface area contributed by atoms with Gasteiger partial charge in [-0.25, -0.2) is 13.2 Å². The predicted octanol–water partition coefficient (Wildman–Crippen LogP) is 2.66. The van der Waals surface area contributed by atoms with Gasteiger partial charge in [0.1, 0.15) is 11.5 Å². The zero-order valence-electron chi connectivity index (χ0n) is 14.4. The average molecular weight is 406 g/mol. The van der Waals surface area contributed by atoms with Crippen molar-refractivity contribution in [2.75, 3.05) is 13.1 Å². The van der Waals surface area contributed by atoms with Crippen LogP contribution in [-0.2, 0) is 17.4 Å². The number of aromatic nitrogens is 2. The van der Waals surface area contributed by atoms with E-state index in [4.69, 9.17) is 5.73 Å². The molecule has 152 valence electrons. The number of hydrogen-bond acceptors (Lipinski definition) is 3. The lowest BCUT2D eigenvalue weighted by Gasteiger charge is -2.40. The van der Waals surface area contributed by atoms with Crippen LogP contribution in [0.1, 0.15) is 23.7 Å². The summed E-state index contributed by atoms with van der Waals surface area (Å²) in [4.78, 5) is 13.5. The Kier molecular flexibility index (Phi) is 5.37. The van der Waals surface area contributed by atoms with Crippen LogP contribution in [-0.4, -0.2) is 39.7 Å². The van der Waals surface area contributed by atoms with Crippen molar-refractivity contribution in [3.63, 3.8) is 0 Å². The first kappa shape index (κ1) is 20.2. The van der Waals surface area contributed by atoms with Gasteiger partial charge in [0.25, 0.3) is 0 Å². The summed E-state index contributed by atoms with van der Waals surface area (Å²) < 4.78 is 79.3. The molecule has 28 heavy (non-hydrogen) atoms. The summed E-state index contributed by atoms with van der Waals surface area (Å²) >= 11 is 0. The number of alkyl halides is 3. The van der Waals surface area contributed by atoms with E-state index in [1.54, 1.807) is 0 Å². The molecule has 1 atom stereocenters. The topological polar surface area (TPSA) is 64.2 Å². The average Bonchev–Trinajstić information content (AvgIpc) is 3.00. The number of hydrogen-bond donors (Lipinski definition) is 1. The van der Waals surface area contributed by atoms with Crippen molar-refractivity contribution in [1.82, 2.24) is 14.7 Å². The monoisotopic (exact) mass is 406 g/mol. The van der Waals surface area contributed by atoms with Crippen molar-refractivity contribution in [3.8, 4) is 0 Å². The number of carbonyl (C=O) groups excluding carboxylic acids is 1. The Morgan fingerprint density at radius 2 is 1.82 bits per heavy atom. The smallest absolute Gasteiger partial charge is 0.338 e. The van der Waals surface area contributed by atoms with E-state index in [-0.39, 0.29) is 31.5 Å². The van der Waals surface area contributed by atoms with Crippen LogP contribution in [0.4, 0.5) is 26.3 Å². The van der Waals surface area contributed by atoms with Crippen LogP contribution in [0.25, 0.3) is 0 Å². The molecule has 1 fully saturated rings. The molecule has 0 aliphatic carbocycles. The zero-order valence-corrected chi connectivity index (χ0v) is 14.4. The minimum Gasteiger partial charge on any atom is -0.338 e. The van der Waals surface area contributed by atoms with Crippen LogP contribution in [0, 0.1) is 17.5 Å². The Morgan fingerprint density at radius 3 is 2.46 bits per heavy atom. The lowest BCUT2D eigenvalue weighted by atomic mass is 10.0. The van der Waals surface area contributed by atoms with Crippen LogP contribution < -0.4 is 5.73 Å². The van der Waals surface area contributed by atoms with E-state index in [1.165, 1.54) is 4.90 Å². The Balaban J connectivity index is 1.54. The molecule has 0 radical (unpaired) electrons. The molecular formula is C17H16F6N4O. The van der Waals surface area contributed by atoms with Crippen LogP contribution in [0.3, 0.4) is 0 Å². The summed E-state index contributed by atoms with van der Waals surface area (Å²) in [5.74, 6) is -3.94. The van der Waals surface area contributed by atoms with Crippen molar-refractivity contribution < 1.29 is 31.1 Å². The maximum absolute atomic E-state index is 13.6. The molecule has 1 amide bonds. The quantitative estimate of drug-likeness (QED) is 0.614. The summed E-state index contributed by atoms with van der Waals surface area (Å²) in [5, 5.41) is 3.67. The highest BCUT2D eigenvalue weighted by Crippen LogP contribution is 2.33. The zero-order chi connectivity index (χ0) is 20.6. The van der Waals surface area contributed by atoms with Gasteiger partial charge in [-0.05, 0) is 24.1 Å². The fourth-order valence-electron chi connectivity index (χ4n) is 3.07. The van der Waals surface area contributed by atoms with E-state index in [2.05, 4.69) is 5.10 Å². The number of likely N-dealkylation sites (tertiary alicyclic amines) is 1. The number of nitrogens with zero attached hydrogens (tertiary/aromatic N) is 3. The van der Waals surface area contributed by atoms with E-state index in [9.17, 15) is 31.1 Å². The second kappa shape index (κ2) is 7.46. The SMILES string of the molecule is N[C@@H](CC(=O)N1CC(n2nccc2C(F)(F)F)C1)Cc1cc(F)c(F)cc1F. The highest BCUT2D eigenvalue weighted by Gasteiger charge is 2.40. The Hall–Kier alpha value is -2.56. The van der Waals surface area contributed by atoms with Crippen molar-refractivity contribution in [3.05, 3.63) is 53.1 Å². The molecule has 1 aliphatic rings. The summed E-state index contributed by atoms with van der Waals surface area (Å²) in [6.07, 6.45) is -3.91. The van der Waals surface area contributed by atoms with Crippen molar-refractivity contribution in [2.24, 2.45) is 5.73 Å². The van der Waals surface area contributed by atoms with Crippen molar-refractivity contribution in [2.45, 2.75) is 31.1 Å². The number of rotatable bonds is 5. The summed E-state index contributed by atoms with van der Waals surface area (Å²) in [6.45, 7) is 0.0751. The van der Waals surface area contributed by atoms with Gasteiger partial charge < -0.3 is 10.6 Å². The molecule has 1 aliphatic heterocycles. The predicted molar refractivity (Wildman–Crippen MR) is 85.5 cm³/mol. The summed E-state index contributed by atoms with van der Waals surface area (Å²) in [6, 6.07) is 0.486. The normalized spacial score (nSPS) is 16.2. The minimum absolute atomic E-state index is 0.0376. The largest absolute Gasteiger partial charge is 0.433 e. The van der Waals surface area contributed by atoms with Gasteiger partial charge in [-0.2, -0.15) is 18.3 Å². The molecule has 0 unspecified atom stereocenters. The molecule has 0 bridgehead atoms. The van der Waals surface area contributed by atoms with Gasteiger partial charge >= 0.3 is 6.18 Å². The molecule has 1 aromatic carbocycles. The van der Waals surface area contributed by atoms with Crippen molar-refractivity contribution in [1.29, 1.82) is 0 Å². The van der Waals surface area contributed by atoms with Gasteiger partial charge in [0.15, 0.2) is 11.6 Å². The summed E-state index contributed by atoms with van der Waals surface area (Å²) in [5.41, 5.74) is 4.74. The Labute approximate surface area is 155 Å². The number of carbonyl (C=O) groups is 1. The molecule has 2 aromatic rings. The number of halogens is 6. The first-order valence-electron chi connectivity index (χ1n) is 8.33. The molecule has 0 spiro atoms. The van der Waals surface area contributed by atoms with Crippen LogP contribution in [0.5, 0.6) is 0 Å². The standard InChI is InChI=1S/C17H16F6N4O/c18-12-6-14(20)13(19)4-9(12)3-10(24)5-16(28)26-7-11(8-26)27-15(1-2-25-27)17(21,22)23/h1-2,4,6,10-11H,3,5,7-8,24H2/t10-/m1/s1. The highest BCUT2D eigenvalue weighted by atomic mass is 19.4. The van der Waals surface area contributed by atoms with Gasteiger partial charge in [-0.1, -0.05) is 0 Å². The fraction of sp³-hybridized carbons (Fsp3) is 0.412. The van der Waals surface area contributed by atoms with Crippen molar-refractivity contribution >= 4 is 5.91 Å². The molecule has 0 saturated carbocycles. The Bertz CT molecular complexity index is 875. The molecule has 2 heterocycles. The lowest BCUT2D eigenvalue weighted by molar-refractivity contribution is -0.148. The molecular weight excluding hydrogens is 390 g/mol. The van der Waals surface area contributed by atoms with Crippen LogP contribution >= 0.6 is 0 Å². The van der Waals surface area contributed by atoms with E-state index in [0.29, 0.717) is 12.1 Å². The first-order valence-corrected chi connectivity index (χ1v) is 8.33. The molecule has 3 rings (SSSR count). The lowest BCUT2D eigenvalue weighted by Crippen LogP contribution is -2.52. The second-order valence-electron chi connectivity index (χ2n) is 6.64. The Morgan fingerprint density at radius 1 is 1.18 bits per heavy atom. The molecule has 1 saturated heterocycles. The highest BCUT2D eigenvalue weighted by molar-refractivity contribution is 5.77. The molecule has 1 aromatic heterocycles. The van der Waals surface area contributed by atoms with E-state index in [0.717, 1.165) is 16.9 Å².